The average Bonchev–Trinajstić information content (AvgIpc) is 2.20. The van der Waals surface area contributed by atoms with Gasteiger partial charge in [0.15, 0.2) is 0 Å². The number of carbonyl (C=O) groups is 2. The lowest BCUT2D eigenvalue weighted by Crippen LogP contribution is -2.40. The van der Waals surface area contributed by atoms with E-state index in [9.17, 15) is 9.59 Å². The lowest BCUT2D eigenvalue weighted by atomic mass is 10.1. The summed E-state index contributed by atoms with van der Waals surface area (Å²) >= 11 is 0. The predicted octanol–water partition coefficient (Wildman–Crippen LogP) is 0.707. The SMILES string of the molecule is Nc1ccc(N2C(=O)CCCC2=O)cn1. The van der Waals surface area contributed by atoms with Gasteiger partial charge in [0, 0.05) is 12.8 Å². The Morgan fingerprint density at radius 2 is 1.87 bits per heavy atom. The van der Waals surface area contributed by atoms with Gasteiger partial charge in [-0.05, 0) is 18.6 Å². The van der Waals surface area contributed by atoms with Crippen molar-refractivity contribution >= 4 is 23.3 Å². The first-order valence-corrected chi connectivity index (χ1v) is 4.76. The summed E-state index contributed by atoms with van der Waals surface area (Å²) in [4.78, 5) is 28.1. The van der Waals surface area contributed by atoms with Crippen molar-refractivity contribution in [2.75, 3.05) is 10.6 Å². The molecule has 5 heteroatoms. The second-order valence-corrected chi connectivity index (χ2v) is 3.42. The zero-order valence-electron chi connectivity index (χ0n) is 8.14. The number of nitrogen functional groups attached to an aromatic ring is 1. The standard InChI is InChI=1S/C10H11N3O2/c11-8-5-4-7(6-12-8)13-9(14)2-1-3-10(13)15/h4-6H,1-3H2,(H2,11,12). The van der Waals surface area contributed by atoms with Crippen LogP contribution in [0, 0.1) is 0 Å². The van der Waals surface area contributed by atoms with Crippen molar-refractivity contribution in [2.45, 2.75) is 19.3 Å². The number of hydrogen-bond donors (Lipinski definition) is 1. The fourth-order valence-electron chi connectivity index (χ4n) is 1.57. The molecule has 1 aromatic heterocycles. The van der Waals surface area contributed by atoms with Crippen molar-refractivity contribution in [3.8, 4) is 0 Å². The molecular formula is C10H11N3O2. The van der Waals surface area contributed by atoms with Gasteiger partial charge in [0.05, 0.1) is 11.9 Å². The number of anilines is 2. The summed E-state index contributed by atoms with van der Waals surface area (Å²) in [6, 6.07) is 3.20. The Morgan fingerprint density at radius 3 is 2.40 bits per heavy atom. The monoisotopic (exact) mass is 205 g/mol. The topological polar surface area (TPSA) is 76.3 Å². The van der Waals surface area contributed by atoms with E-state index in [-0.39, 0.29) is 11.8 Å². The third-order valence-corrected chi connectivity index (χ3v) is 2.31. The second-order valence-electron chi connectivity index (χ2n) is 3.42. The van der Waals surface area contributed by atoms with Crippen LogP contribution in [0.5, 0.6) is 0 Å². The summed E-state index contributed by atoms with van der Waals surface area (Å²) in [6.45, 7) is 0. The van der Waals surface area contributed by atoms with Crippen LogP contribution < -0.4 is 10.6 Å². The van der Waals surface area contributed by atoms with E-state index in [0.717, 1.165) is 0 Å². The van der Waals surface area contributed by atoms with Crippen molar-refractivity contribution in [3.63, 3.8) is 0 Å². The van der Waals surface area contributed by atoms with E-state index >= 15 is 0 Å². The second kappa shape index (κ2) is 3.68. The molecule has 0 saturated carbocycles. The Hall–Kier alpha value is -1.91. The number of rotatable bonds is 1. The van der Waals surface area contributed by atoms with Crippen molar-refractivity contribution in [3.05, 3.63) is 18.3 Å². The average molecular weight is 205 g/mol. The van der Waals surface area contributed by atoms with Gasteiger partial charge in [0.25, 0.3) is 0 Å². The molecule has 1 aromatic rings. The smallest absolute Gasteiger partial charge is 0.233 e. The molecular weight excluding hydrogens is 194 g/mol. The van der Waals surface area contributed by atoms with Gasteiger partial charge in [-0.1, -0.05) is 0 Å². The van der Waals surface area contributed by atoms with Gasteiger partial charge in [0.2, 0.25) is 11.8 Å². The number of aromatic nitrogens is 1. The van der Waals surface area contributed by atoms with Crippen LogP contribution in [-0.4, -0.2) is 16.8 Å². The number of nitrogens with zero attached hydrogens (tertiary/aromatic N) is 2. The lowest BCUT2D eigenvalue weighted by molar-refractivity contribution is -0.129. The van der Waals surface area contributed by atoms with E-state index in [4.69, 9.17) is 5.73 Å². The maximum Gasteiger partial charge on any atom is 0.233 e. The van der Waals surface area contributed by atoms with Gasteiger partial charge in [-0.15, -0.1) is 0 Å². The minimum Gasteiger partial charge on any atom is -0.384 e. The minimum atomic E-state index is -0.169. The first-order chi connectivity index (χ1) is 7.18. The minimum absolute atomic E-state index is 0.169. The van der Waals surface area contributed by atoms with E-state index in [1.165, 1.54) is 11.1 Å². The Balaban J connectivity index is 2.31. The van der Waals surface area contributed by atoms with Gasteiger partial charge in [-0.3, -0.25) is 9.59 Å². The van der Waals surface area contributed by atoms with Crippen molar-refractivity contribution in [2.24, 2.45) is 0 Å². The number of piperidine rings is 1. The van der Waals surface area contributed by atoms with Crippen LogP contribution in [0.4, 0.5) is 11.5 Å². The predicted molar refractivity (Wildman–Crippen MR) is 55.0 cm³/mol. The third-order valence-electron chi connectivity index (χ3n) is 2.31. The van der Waals surface area contributed by atoms with Gasteiger partial charge >= 0.3 is 0 Å². The molecule has 0 aromatic carbocycles. The molecule has 2 rings (SSSR count). The van der Waals surface area contributed by atoms with Crippen LogP contribution in [0.3, 0.4) is 0 Å². The number of carbonyl (C=O) groups excluding carboxylic acids is 2. The number of pyridine rings is 1. The fraction of sp³-hybridized carbons (Fsp3) is 0.300. The van der Waals surface area contributed by atoms with E-state index in [1.807, 2.05) is 0 Å². The highest BCUT2D eigenvalue weighted by molar-refractivity contribution is 6.16. The number of imide groups is 1. The highest BCUT2D eigenvalue weighted by Crippen LogP contribution is 2.21. The van der Waals surface area contributed by atoms with Crippen LogP contribution in [0.1, 0.15) is 19.3 Å². The summed E-state index contributed by atoms with van der Waals surface area (Å²) < 4.78 is 0. The zero-order valence-corrected chi connectivity index (χ0v) is 8.14. The Kier molecular flexibility index (Phi) is 2.37. The Labute approximate surface area is 86.9 Å². The molecule has 2 amide bonds. The maximum absolute atomic E-state index is 11.5. The molecule has 0 atom stereocenters. The summed E-state index contributed by atoms with van der Waals surface area (Å²) in [5.74, 6) is 0.0336. The van der Waals surface area contributed by atoms with E-state index in [0.29, 0.717) is 30.8 Å². The maximum atomic E-state index is 11.5. The molecule has 2 heterocycles. The highest BCUT2D eigenvalue weighted by atomic mass is 16.2. The van der Waals surface area contributed by atoms with Crippen molar-refractivity contribution < 1.29 is 9.59 Å². The molecule has 0 bridgehead atoms. The summed E-state index contributed by atoms with van der Waals surface area (Å²) in [5.41, 5.74) is 5.93. The van der Waals surface area contributed by atoms with Crippen molar-refractivity contribution in [1.82, 2.24) is 4.98 Å². The van der Waals surface area contributed by atoms with Crippen LogP contribution in [-0.2, 0) is 9.59 Å². The van der Waals surface area contributed by atoms with Gasteiger partial charge in [0.1, 0.15) is 5.82 Å². The van der Waals surface area contributed by atoms with E-state index in [2.05, 4.69) is 4.98 Å². The molecule has 2 N–H and O–H groups in total. The molecule has 0 spiro atoms. The highest BCUT2D eigenvalue weighted by Gasteiger charge is 2.27. The first-order valence-electron chi connectivity index (χ1n) is 4.76. The van der Waals surface area contributed by atoms with Crippen LogP contribution in [0.2, 0.25) is 0 Å². The summed E-state index contributed by atoms with van der Waals surface area (Å²) in [6.07, 6.45) is 2.90. The van der Waals surface area contributed by atoms with Gasteiger partial charge in [-0.2, -0.15) is 0 Å². The van der Waals surface area contributed by atoms with Crippen molar-refractivity contribution in [1.29, 1.82) is 0 Å². The molecule has 15 heavy (non-hydrogen) atoms. The molecule has 1 aliphatic rings. The van der Waals surface area contributed by atoms with Gasteiger partial charge in [-0.25, -0.2) is 9.88 Å². The lowest BCUT2D eigenvalue weighted by Gasteiger charge is -2.24. The quantitative estimate of drug-likeness (QED) is 0.685. The first kappa shape index (κ1) is 9.64. The third kappa shape index (κ3) is 1.81. The van der Waals surface area contributed by atoms with E-state index in [1.54, 1.807) is 12.1 Å². The summed E-state index contributed by atoms with van der Waals surface area (Å²) in [5, 5.41) is 0. The molecule has 1 saturated heterocycles. The van der Waals surface area contributed by atoms with Gasteiger partial charge < -0.3 is 5.73 Å². The Morgan fingerprint density at radius 1 is 1.20 bits per heavy atom. The van der Waals surface area contributed by atoms with Crippen LogP contribution >= 0.6 is 0 Å². The van der Waals surface area contributed by atoms with E-state index < -0.39 is 0 Å². The molecule has 0 aliphatic carbocycles. The zero-order chi connectivity index (χ0) is 10.8. The fourth-order valence-corrected chi connectivity index (χ4v) is 1.57. The molecule has 78 valence electrons. The molecule has 1 fully saturated rings. The summed E-state index contributed by atoms with van der Waals surface area (Å²) in [7, 11) is 0. The molecule has 0 radical (unpaired) electrons. The number of amides is 2. The van der Waals surface area contributed by atoms with Crippen LogP contribution in [0.15, 0.2) is 18.3 Å². The normalized spacial score (nSPS) is 16.9. The Bertz CT molecular complexity index is 384. The molecule has 0 unspecified atom stereocenters. The molecule has 5 nitrogen and oxygen atoms in total. The van der Waals surface area contributed by atoms with Crippen LogP contribution in [0.25, 0.3) is 0 Å². The number of hydrogen-bond acceptors (Lipinski definition) is 4. The number of nitrogens with two attached hydrogens (primary N) is 1. The largest absolute Gasteiger partial charge is 0.384 e. The molecule has 1 aliphatic heterocycles.